The summed E-state index contributed by atoms with van der Waals surface area (Å²) >= 11 is 0. The second kappa shape index (κ2) is 4.39. The van der Waals surface area contributed by atoms with Crippen LogP contribution in [-0.2, 0) is 10.0 Å². The minimum atomic E-state index is -3.43. The summed E-state index contributed by atoms with van der Waals surface area (Å²) in [5, 5.41) is 2.96. The zero-order valence-corrected chi connectivity index (χ0v) is 8.93. The minimum absolute atomic E-state index is 0.171. The van der Waals surface area contributed by atoms with Crippen LogP contribution in [0.2, 0.25) is 0 Å². The van der Waals surface area contributed by atoms with Gasteiger partial charge in [0.25, 0.3) is 0 Å². The number of anilines is 1. The van der Waals surface area contributed by atoms with E-state index in [2.05, 4.69) is 15.0 Å². The van der Waals surface area contributed by atoms with Crippen molar-refractivity contribution in [3.63, 3.8) is 0 Å². The Morgan fingerprint density at radius 3 is 2.79 bits per heavy atom. The summed E-state index contributed by atoms with van der Waals surface area (Å²) in [6.07, 6.45) is 2.87. The van der Waals surface area contributed by atoms with Crippen LogP contribution in [0.15, 0.2) is 23.4 Å². The summed E-state index contributed by atoms with van der Waals surface area (Å²) in [5.41, 5.74) is 0.567. The van der Waals surface area contributed by atoms with Gasteiger partial charge in [-0.25, -0.2) is 13.1 Å². The van der Waals surface area contributed by atoms with Crippen LogP contribution in [0.5, 0.6) is 0 Å². The zero-order valence-electron chi connectivity index (χ0n) is 8.11. The van der Waals surface area contributed by atoms with Crippen molar-refractivity contribution in [2.24, 2.45) is 0 Å². The highest BCUT2D eigenvalue weighted by Crippen LogP contribution is 2.18. The number of nitrogens with one attached hydrogen (secondary N) is 2. The Morgan fingerprint density at radius 1 is 1.50 bits per heavy atom. The number of hydrogen-bond acceptors (Lipinski definition) is 4. The number of pyridine rings is 1. The van der Waals surface area contributed by atoms with Gasteiger partial charge >= 0.3 is 0 Å². The van der Waals surface area contributed by atoms with Crippen LogP contribution >= 0.6 is 0 Å². The van der Waals surface area contributed by atoms with Crippen LogP contribution in [0.4, 0.5) is 5.69 Å². The van der Waals surface area contributed by atoms with Crippen LogP contribution in [0.1, 0.15) is 6.92 Å². The molecule has 0 atom stereocenters. The van der Waals surface area contributed by atoms with Gasteiger partial charge < -0.3 is 5.32 Å². The normalized spacial score (nSPS) is 11.3. The van der Waals surface area contributed by atoms with Crippen molar-refractivity contribution in [3.05, 3.63) is 18.5 Å². The van der Waals surface area contributed by atoms with Crippen molar-refractivity contribution in [2.75, 3.05) is 18.9 Å². The summed E-state index contributed by atoms with van der Waals surface area (Å²) in [6, 6.07) is 1.63. The zero-order chi connectivity index (χ0) is 10.6. The monoisotopic (exact) mass is 215 g/mol. The van der Waals surface area contributed by atoms with Crippen molar-refractivity contribution in [2.45, 2.75) is 11.8 Å². The molecule has 0 aromatic carbocycles. The molecule has 6 heteroatoms. The highest BCUT2D eigenvalue weighted by atomic mass is 32.2. The Hall–Kier alpha value is -1.14. The predicted octanol–water partition coefficient (Wildman–Crippen LogP) is 0.421. The summed E-state index contributed by atoms with van der Waals surface area (Å²) in [6.45, 7) is 2.56. The van der Waals surface area contributed by atoms with E-state index in [1.54, 1.807) is 12.3 Å². The van der Waals surface area contributed by atoms with Gasteiger partial charge in [0.2, 0.25) is 10.0 Å². The molecule has 1 aromatic rings. The minimum Gasteiger partial charge on any atom is -0.384 e. The van der Waals surface area contributed by atoms with Gasteiger partial charge in [-0.1, -0.05) is 0 Å². The Balaban J connectivity index is 3.20. The maximum absolute atomic E-state index is 11.5. The van der Waals surface area contributed by atoms with E-state index in [9.17, 15) is 8.42 Å². The molecule has 0 saturated heterocycles. The van der Waals surface area contributed by atoms with E-state index in [0.717, 1.165) is 0 Å². The fraction of sp³-hybridized carbons (Fsp3) is 0.375. The van der Waals surface area contributed by atoms with Crippen LogP contribution in [0.25, 0.3) is 0 Å². The van der Waals surface area contributed by atoms with Gasteiger partial charge in [0.05, 0.1) is 5.69 Å². The van der Waals surface area contributed by atoms with Crippen LogP contribution in [0.3, 0.4) is 0 Å². The van der Waals surface area contributed by atoms with Gasteiger partial charge in [-0.3, -0.25) is 4.98 Å². The van der Waals surface area contributed by atoms with Gasteiger partial charge in [0.1, 0.15) is 4.90 Å². The van der Waals surface area contributed by atoms with Crippen molar-refractivity contribution in [3.8, 4) is 0 Å². The highest BCUT2D eigenvalue weighted by molar-refractivity contribution is 7.89. The van der Waals surface area contributed by atoms with Gasteiger partial charge in [0, 0.05) is 18.9 Å². The third-order valence-electron chi connectivity index (χ3n) is 1.71. The Labute approximate surface area is 83.6 Å². The smallest absolute Gasteiger partial charge is 0.243 e. The second-order valence-electron chi connectivity index (χ2n) is 2.61. The average Bonchev–Trinajstić information content (AvgIpc) is 2.19. The number of nitrogens with zero attached hydrogens (tertiary/aromatic N) is 1. The van der Waals surface area contributed by atoms with Crippen molar-refractivity contribution in [1.29, 1.82) is 0 Å². The molecule has 0 aliphatic heterocycles. The van der Waals surface area contributed by atoms with Gasteiger partial charge in [-0.15, -0.1) is 0 Å². The van der Waals surface area contributed by atoms with E-state index < -0.39 is 10.0 Å². The molecule has 0 saturated carbocycles. The molecule has 0 aliphatic rings. The summed E-state index contributed by atoms with van der Waals surface area (Å²) in [7, 11) is -2.05. The molecule has 1 aromatic heterocycles. The second-order valence-corrected chi connectivity index (χ2v) is 4.46. The molecule has 0 fully saturated rings. The highest BCUT2D eigenvalue weighted by Gasteiger charge is 2.15. The van der Waals surface area contributed by atoms with Crippen molar-refractivity contribution in [1.82, 2.24) is 9.71 Å². The molecule has 5 nitrogen and oxygen atoms in total. The first kappa shape index (κ1) is 10.9. The molecule has 0 unspecified atom stereocenters. The first-order chi connectivity index (χ1) is 6.61. The Morgan fingerprint density at radius 2 is 2.21 bits per heavy atom. The maximum Gasteiger partial charge on any atom is 0.243 e. The lowest BCUT2D eigenvalue weighted by molar-refractivity contribution is 0.588. The topological polar surface area (TPSA) is 71.1 Å². The van der Waals surface area contributed by atoms with Gasteiger partial charge in [-0.2, -0.15) is 0 Å². The Bertz CT molecular complexity index is 403. The molecule has 2 N–H and O–H groups in total. The number of sulfonamides is 1. The SMILES string of the molecule is CCNc1ccncc1S(=O)(=O)NC. The van der Waals surface area contributed by atoms with Gasteiger partial charge in [-0.05, 0) is 20.0 Å². The largest absolute Gasteiger partial charge is 0.384 e. The Kier molecular flexibility index (Phi) is 3.43. The summed E-state index contributed by atoms with van der Waals surface area (Å²) in [5.74, 6) is 0. The molecule has 14 heavy (non-hydrogen) atoms. The number of rotatable bonds is 4. The van der Waals surface area contributed by atoms with E-state index in [4.69, 9.17) is 0 Å². The van der Waals surface area contributed by atoms with Crippen LogP contribution in [-0.4, -0.2) is 27.0 Å². The molecule has 0 radical (unpaired) electrons. The first-order valence-electron chi connectivity index (χ1n) is 4.23. The molecule has 0 amide bonds. The predicted molar refractivity (Wildman–Crippen MR) is 54.6 cm³/mol. The molecule has 0 bridgehead atoms. The molecule has 0 spiro atoms. The maximum atomic E-state index is 11.5. The van der Waals surface area contributed by atoms with Crippen molar-refractivity contribution < 1.29 is 8.42 Å². The fourth-order valence-electron chi connectivity index (χ4n) is 1.04. The first-order valence-corrected chi connectivity index (χ1v) is 5.71. The lowest BCUT2D eigenvalue weighted by Gasteiger charge is -2.09. The standard InChI is InChI=1S/C8H13N3O2S/c1-3-11-7-4-5-10-6-8(7)14(12,13)9-2/h4-6,9H,3H2,1-2H3,(H,10,11). The van der Waals surface area contributed by atoms with E-state index in [0.29, 0.717) is 12.2 Å². The van der Waals surface area contributed by atoms with Crippen LogP contribution in [0, 0.1) is 0 Å². The molecule has 1 rings (SSSR count). The van der Waals surface area contributed by atoms with E-state index >= 15 is 0 Å². The summed E-state index contributed by atoms with van der Waals surface area (Å²) < 4.78 is 25.3. The fourth-order valence-corrected chi connectivity index (χ4v) is 1.89. The molecule has 78 valence electrons. The van der Waals surface area contributed by atoms with E-state index in [1.165, 1.54) is 13.2 Å². The van der Waals surface area contributed by atoms with Gasteiger partial charge in [0.15, 0.2) is 0 Å². The molecular weight excluding hydrogens is 202 g/mol. The molecular formula is C8H13N3O2S. The molecule has 0 aliphatic carbocycles. The van der Waals surface area contributed by atoms with E-state index in [-0.39, 0.29) is 4.90 Å². The van der Waals surface area contributed by atoms with Crippen molar-refractivity contribution >= 4 is 15.7 Å². The number of hydrogen-bond donors (Lipinski definition) is 2. The number of aromatic nitrogens is 1. The summed E-state index contributed by atoms with van der Waals surface area (Å²) in [4.78, 5) is 3.95. The quantitative estimate of drug-likeness (QED) is 0.763. The third-order valence-corrected chi connectivity index (χ3v) is 3.15. The average molecular weight is 215 g/mol. The van der Waals surface area contributed by atoms with E-state index in [1.807, 2.05) is 6.92 Å². The third kappa shape index (κ3) is 2.21. The van der Waals surface area contributed by atoms with Crippen LogP contribution < -0.4 is 10.0 Å². The lowest BCUT2D eigenvalue weighted by Crippen LogP contribution is -2.20. The molecule has 1 heterocycles. The lowest BCUT2D eigenvalue weighted by atomic mass is 10.4.